The van der Waals surface area contributed by atoms with Crippen LogP contribution in [0.15, 0.2) is 37.2 Å². The number of halogens is 1. The molecule has 0 aromatic heterocycles. The molecular weight excluding hydrogens is 281 g/mol. The van der Waals surface area contributed by atoms with Gasteiger partial charge in [0, 0.05) is 21.4 Å². The van der Waals surface area contributed by atoms with E-state index in [0.717, 1.165) is 0 Å². The summed E-state index contributed by atoms with van der Waals surface area (Å²) in [7, 11) is 0. The molecule has 0 saturated heterocycles. The maximum Gasteiger partial charge on any atom is 0.0563 e. The SMILES string of the molecule is CC1C2=CSN=C1C=CC(I)=C2. The van der Waals surface area contributed by atoms with Crippen molar-refractivity contribution in [2.75, 3.05) is 0 Å². The van der Waals surface area contributed by atoms with E-state index >= 15 is 0 Å². The van der Waals surface area contributed by atoms with E-state index in [9.17, 15) is 0 Å². The van der Waals surface area contributed by atoms with Crippen LogP contribution in [0.25, 0.3) is 0 Å². The van der Waals surface area contributed by atoms with Crippen LogP contribution >= 0.6 is 34.5 Å². The summed E-state index contributed by atoms with van der Waals surface area (Å²) in [5.74, 6) is 0.467. The fraction of sp³-hybridized carbons (Fsp3) is 0.222. The first kappa shape index (κ1) is 8.56. The fourth-order valence-corrected chi connectivity index (χ4v) is 2.53. The van der Waals surface area contributed by atoms with Gasteiger partial charge in [0.05, 0.1) is 5.71 Å². The van der Waals surface area contributed by atoms with Crippen LogP contribution in [-0.2, 0) is 0 Å². The van der Waals surface area contributed by atoms with E-state index in [1.165, 1.54) is 26.8 Å². The van der Waals surface area contributed by atoms with Crippen molar-refractivity contribution in [2.24, 2.45) is 10.3 Å². The highest BCUT2D eigenvalue weighted by Crippen LogP contribution is 2.30. The second-order valence-corrected chi connectivity index (χ2v) is 4.70. The van der Waals surface area contributed by atoms with Crippen LogP contribution in [0.1, 0.15) is 6.92 Å². The van der Waals surface area contributed by atoms with Crippen LogP contribution in [0.5, 0.6) is 0 Å². The molecule has 1 aliphatic heterocycles. The van der Waals surface area contributed by atoms with Crippen molar-refractivity contribution >= 4 is 40.3 Å². The van der Waals surface area contributed by atoms with Crippen molar-refractivity contribution in [1.82, 2.24) is 0 Å². The number of hydrogen-bond donors (Lipinski definition) is 0. The average molecular weight is 289 g/mol. The maximum absolute atomic E-state index is 4.36. The molecule has 1 unspecified atom stereocenters. The third-order valence-corrected chi connectivity index (χ3v) is 3.37. The predicted molar refractivity (Wildman–Crippen MR) is 63.5 cm³/mol. The van der Waals surface area contributed by atoms with Gasteiger partial charge in [-0.1, -0.05) is 6.92 Å². The van der Waals surface area contributed by atoms with Crippen molar-refractivity contribution in [3.05, 3.63) is 32.8 Å². The minimum atomic E-state index is 0.467. The standard InChI is InChI=1S/C9H8INS/c1-6-7-4-8(10)2-3-9(6)11-12-5-7/h2-6H,1H3. The lowest BCUT2D eigenvalue weighted by Crippen LogP contribution is -2.10. The molecule has 0 N–H and O–H groups in total. The number of allylic oxidation sites excluding steroid dienone is 5. The molecular formula is C9H8INS. The zero-order valence-electron chi connectivity index (χ0n) is 6.62. The van der Waals surface area contributed by atoms with Crippen molar-refractivity contribution in [1.29, 1.82) is 0 Å². The van der Waals surface area contributed by atoms with E-state index < -0.39 is 0 Å². The molecule has 0 amide bonds. The Balaban J connectivity index is 2.48. The molecule has 0 spiro atoms. The van der Waals surface area contributed by atoms with Gasteiger partial charge in [0.25, 0.3) is 0 Å². The summed E-state index contributed by atoms with van der Waals surface area (Å²) >= 11 is 3.87. The zero-order valence-corrected chi connectivity index (χ0v) is 9.59. The summed E-state index contributed by atoms with van der Waals surface area (Å²) in [5, 5.41) is 2.12. The number of hydrogen-bond acceptors (Lipinski definition) is 2. The summed E-state index contributed by atoms with van der Waals surface area (Å²) in [6, 6.07) is 0. The van der Waals surface area contributed by atoms with Gasteiger partial charge in [-0.05, 0) is 51.8 Å². The van der Waals surface area contributed by atoms with Gasteiger partial charge in [-0.3, -0.25) is 0 Å². The minimum absolute atomic E-state index is 0.467. The van der Waals surface area contributed by atoms with Gasteiger partial charge >= 0.3 is 0 Å². The molecule has 1 nitrogen and oxygen atoms in total. The molecule has 0 aromatic carbocycles. The van der Waals surface area contributed by atoms with Crippen LogP contribution in [0.2, 0.25) is 0 Å². The van der Waals surface area contributed by atoms with Crippen molar-refractivity contribution in [2.45, 2.75) is 6.92 Å². The summed E-state index contributed by atoms with van der Waals surface area (Å²) in [4.78, 5) is 0. The van der Waals surface area contributed by atoms with E-state index in [1.807, 2.05) is 0 Å². The maximum atomic E-state index is 4.36. The molecule has 3 heteroatoms. The molecule has 1 heterocycles. The van der Waals surface area contributed by atoms with E-state index in [4.69, 9.17) is 0 Å². The van der Waals surface area contributed by atoms with E-state index in [0.29, 0.717) is 5.92 Å². The highest BCUT2D eigenvalue weighted by atomic mass is 127. The Bertz CT molecular complexity index is 325. The van der Waals surface area contributed by atoms with Crippen LogP contribution in [-0.4, -0.2) is 5.71 Å². The molecule has 62 valence electrons. The third-order valence-electron chi connectivity index (χ3n) is 2.01. The first-order valence-electron chi connectivity index (χ1n) is 3.76. The summed E-state index contributed by atoms with van der Waals surface area (Å²) in [6.07, 6.45) is 6.44. The summed E-state index contributed by atoms with van der Waals surface area (Å²) in [6.45, 7) is 2.19. The Morgan fingerprint density at radius 1 is 1.50 bits per heavy atom. The molecule has 0 fully saturated rings. The first-order valence-corrected chi connectivity index (χ1v) is 5.68. The molecule has 2 aliphatic rings. The average Bonchev–Trinajstić information content (AvgIpc) is 2.17. The zero-order chi connectivity index (χ0) is 8.55. The lowest BCUT2D eigenvalue weighted by Gasteiger charge is -2.14. The van der Waals surface area contributed by atoms with Crippen molar-refractivity contribution < 1.29 is 0 Å². The van der Waals surface area contributed by atoms with E-state index in [1.54, 1.807) is 0 Å². The van der Waals surface area contributed by atoms with E-state index in [-0.39, 0.29) is 0 Å². The molecule has 1 aliphatic carbocycles. The number of rotatable bonds is 0. The fourth-order valence-electron chi connectivity index (χ4n) is 1.21. The lowest BCUT2D eigenvalue weighted by molar-refractivity contribution is 0.956. The van der Waals surface area contributed by atoms with Gasteiger partial charge < -0.3 is 0 Å². The van der Waals surface area contributed by atoms with Crippen LogP contribution in [0, 0.1) is 5.92 Å². The predicted octanol–water partition coefficient (Wildman–Crippen LogP) is 3.50. The second-order valence-electron chi connectivity index (χ2n) is 2.82. The summed E-state index contributed by atoms with van der Waals surface area (Å²) in [5.41, 5.74) is 2.56. The second kappa shape index (κ2) is 3.38. The molecule has 12 heavy (non-hydrogen) atoms. The lowest BCUT2D eigenvalue weighted by atomic mass is 9.98. The number of nitrogens with zero attached hydrogens (tertiary/aromatic N) is 1. The third kappa shape index (κ3) is 1.52. The molecule has 2 bridgehead atoms. The molecule has 0 saturated carbocycles. The Hall–Kier alpha value is -0.0300. The highest BCUT2D eigenvalue weighted by Gasteiger charge is 2.17. The first-order chi connectivity index (χ1) is 5.77. The smallest absolute Gasteiger partial charge is 0.0563 e. The monoisotopic (exact) mass is 289 g/mol. The topological polar surface area (TPSA) is 12.4 Å². The Kier molecular flexibility index (Phi) is 2.41. The molecule has 0 aromatic rings. The van der Waals surface area contributed by atoms with Crippen molar-refractivity contribution in [3.63, 3.8) is 0 Å². The molecule has 0 radical (unpaired) electrons. The highest BCUT2D eigenvalue weighted by molar-refractivity contribution is 14.1. The Labute approximate surface area is 90.0 Å². The van der Waals surface area contributed by atoms with Crippen LogP contribution < -0.4 is 0 Å². The molecule has 2 rings (SSSR count). The van der Waals surface area contributed by atoms with Crippen LogP contribution in [0.3, 0.4) is 0 Å². The number of fused-ring (bicyclic) bond motifs is 2. The molecule has 1 atom stereocenters. The van der Waals surface area contributed by atoms with Gasteiger partial charge in [0.2, 0.25) is 0 Å². The van der Waals surface area contributed by atoms with Gasteiger partial charge in [0.1, 0.15) is 0 Å². The normalized spacial score (nSPS) is 27.2. The van der Waals surface area contributed by atoms with Gasteiger partial charge in [-0.25, -0.2) is 4.40 Å². The van der Waals surface area contributed by atoms with Crippen LogP contribution in [0.4, 0.5) is 0 Å². The minimum Gasteiger partial charge on any atom is -0.216 e. The van der Waals surface area contributed by atoms with Gasteiger partial charge in [-0.2, -0.15) is 0 Å². The summed E-state index contributed by atoms with van der Waals surface area (Å²) < 4.78 is 5.63. The van der Waals surface area contributed by atoms with Gasteiger partial charge in [0.15, 0.2) is 0 Å². The largest absolute Gasteiger partial charge is 0.216 e. The van der Waals surface area contributed by atoms with Crippen molar-refractivity contribution in [3.8, 4) is 0 Å². The Morgan fingerprint density at radius 2 is 2.33 bits per heavy atom. The Morgan fingerprint density at radius 3 is 3.17 bits per heavy atom. The van der Waals surface area contributed by atoms with Gasteiger partial charge in [-0.15, -0.1) is 0 Å². The van der Waals surface area contributed by atoms with E-state index in [2.05, 4.69) is 57.5 Å². The quantitative estimate of drug-likeness (QED) is 0.491.